The lowest BCUT2D eigenvalue weighted by Crippen LogP contribution is -2.28. The van der Waals surface area contributed by atoms with E-state index in [1.807, 2.05) is 0 Å². The molecule has 0 radical (unpaired) electrons. The lowest BCUT2D eigenvalue weighted by molar-refractivity contribution is -0.159. The Morgan fingerprint density at radius 1 is 1.30 bits per heavy atom. The SMILES string of the molecule is COCC(=O)NCCc1ccc(-c2noc(C(F)(F)F)n2)cc1. The van der Waals surface area contributed by atoms with E-state index in [1.165, 1.54) is 7.11 Å². The molecule has 0 spiro atoms. The topological polar surface area (TPSA) is 77.2 Å². The Kier molecular flexibility index (Phi) is 5.32. The minimum absolute atomic E-state index is 0.00168. The van der Waals surface area contributed by atoms with Crippen LogP contribution in [0.3, 0.4) is 0 Å². The van der Waals surface area contributed by atoms with Gasteiger partial charge in [-0.25, -0.2) is 0 Å². The quantitative estimate of drug-likeness (QED) is 0.878. The van der Waals surface area contributed by atoms with E-state index in [1.54, 1.807) is 24.3 Å². The first-order valence-electron chi connectivity index (χ1n) is 6.66. The zero-order chi connectivity index (χ0) is 16.9. The van der Waals surface area contributed by atoms with Gasteiger partial charge >= 0.3 is 12.1 Å². The molecule has 6 nitrogen and oxygen atoms in total. The molecular formula is C14H14F3N3O3. The van der Waals surface area contributed by atoms with Crippen LogP contribution in [0.2, 0.25) is 0 Å². The maximum atomic E-state index is 12.4. The van der Waals surface area contributed by atoms with Crippen molar-refractivity contribution in [3.63, 3.8) is 0 Å². The smallest absolute Gasteiger partial charge is 0.375 e. The summed E-state index contributed by atoms with van der Waals surface area (Å²) >= 11 is 0. The van der Waals surface area contributed by atoms with Crippen molar-refractivity contribution < 1.29 is 27.2 Å². The van der Waals surface area contributed by atoms with Gasteiger partial charge in [-0.15, -0.1) is 0 Å². The van der Waals surface area contributed by atoms with Gasteiger partial charge in [0.2, 0.25) is 11.7 Å². The Hall–Kier alpha value is -2.42. The van der Waals surface area contributed by atoms with Crippen LogP contribution in [0.1, 0.15) is 11.5 Å². The number of benzene rings is 1. The second-order valence-corrected chi connectivity index (χ2v) is 4.65. The summed E-state index contributed by atoms with van der Waals surface area (Å²) in [5, 5.41) is 5.98. The van der Waals surface area contributed by atoms with E-state index >= 15 is 0 Å². The van der Waals surface area contributed by atoms with Gasteiger partial charge < -0.3 is 14.6 Å². The summed E-state index contributed by atoms with van der Waals surface area (Å²) in [5.41, 5.74) is 1.32. The van der Waals surface area contributed by atoms with E-state index in [2.05, 4.69) is 24.7 Å². The molecule has 23 heavy (non-hydrogen) atoms. The Morgan fingerprint density at radius 3 is 2.57 bits per heavy atom. The predicted octanol–water partition coefficient (Wildman–Crippen LogP) is 2.06. The first-order valence-corrected chi connectivity index (χ1v) is 6.66. The number of rotatable bonds is 6. The highest BCUT2D eigenvalue weighted by atomic mass is 19.4. The van der Waals surface area contributed by atoms with Crippen LogP contribution in [0.5, 0.6) is 0 Å². The molecule has 1 aromatic heterocycles. The third kappa shape index (κ3) is 4.78. The number of nitrogens with zero attached hydrogens (tertiary/aromatic N) is 2. The number of hydrogen-bond donors (Lipinski definition) is 1. The van der Waals surface area contributed by atoms with Crippen molar-refractivity contribution >= 4 is 5.91 Å². The summed E-state index contributed by atoms with van der Waals surface area (Å²) in [4.78, 5) is 14.5. The third-order valence-corrected chi connectivity index (χ3v) is 2.89. The highest BCUT2D eigenvalue weighted by Gasteiger charge is 2.38. The van der Waals surface area contributed by atoms with Crippen LogP contribution in [0, 0.1) is 0 Å². The van der Waals surface area contributed by atoms with Crippen LogP contribution in [0.4, 0.5) is 13.2 Å². The predicted molar refractivity (Wildman–Crippen MR) is 73.3 cm³/mol. The zero-order valence-corrected chi connectivity index (χ0v) is 12.2. The molecule has 1 N–H and O–H groups in total. The van der Waals surface area contributed by atoms with Crippen LogP contribution in [0.25, 0.3) is 11.4 Å². The monoisotopic (exact) mass is 329 g/mol. The second kappa shape index (κ2) is 7.23. The van der Waals surface area contributed by atoms with Crippen LogP contribution >= 0.6 is 0 Å². The number of halogens is 3. The van der Waals surface area contributed by atoms with Crippen molar-refractivity contribution in [2.45, 2.75) is 12.6 Å². The van der Waals surface area contributed by atoms with Gasteiger partial charge in [-0.05, 0) is 12.0 Å². The molecule has 2 aromatic rings. The number of carbonyl (C=O) groups excluding carboxylic acids is 1. The summed E-state index contributed by atoms with van der Waals surface area (Å²) in [6.07, 6.45) is -4.08. The number of alkyl halides is 3. The van der Waals surface area contributed by atoms with Crippen molar-refractivity contribution in [1.82, 2.24) is 15.5 Å². The van der Waals surface area contributed by atoms with Gasteiger partial charge in [0.15, 0.2) is 0 Å². The zero-order valence-electron chi connectivity index (χ0n) is 12.2. The molecular weight excluding hydrogens is 315 g/mol. The molecule has 2 rings (SSSR count). The van der Waals surface area contributed by atoms with E-state index in [0.717, 1.165) is 5.56 Å². The third-order valence-electron chi connectivity index (χ3n) is 2.89. The van der Waals surface area contributed by atoms with Gasteiger partial charge in [-0.3, -0.25) is 4.79 Å². The second-order valence-electron chi connectivity index (χ2n) is 4.65. The normalized spacial score (nSPS) is 11.5. The highest BCUT2D eigenvalue weighted by molar-refractivity contribution is 5.77. The Balaban J connectivity index is 1.94. The fourth-order valence-electron chi connectivity index (χ4n) is 1.80. The van der Waals surface area contributed by atoms with Gasteiger partial charge in [-0.1, -0.05) is 29.4 Å². The molecule has 0 fully saturated rings. The van der Waals surface area contributed by atoms with Gasteiger partial charge in [0.05, 0.1) is 0 Å². The van der Waals surface area contributed by atoms with E-state index in [-0.39, 0.29) is 18.3 Å². The molecule has 1 aromatic carbocycles. The van der Waals surface area contributed by atoms with Crippen molar-refractivity contribution in [1.29, 1.82) is 0 Å². The number of nitrogens with one attached hydrogen (secondary N) is 1. The molecule has 9 heteroatoms. The van der Waals surface area contributed by atoms with Crippen LogP contribution in [-0.2, 0) is 22.1 Å². The van der Waals surface area contributed by atoms with Gasteiger partial charge in [0.1, 0.15) is 6.61 Å². The molecule has 0 saturated carbocycles. The largest absolute Gasteiger partial charge is 0.471 e. The van der Waals surface area contributed by atoms with Gasteiger partial charge in [0, 0.05) is 19.2 Å². The maximum absolute atomic E-state index is 12.4. The number of aromatic nitrogens is 2. The fourth-order valence-corrected chi connectivity index (χ4v) is 1.80. The Bertz CT molecular complexity index is 653. The average molecular weight is 329 g/mol. The van der Waals surface area contributed by atoms with E-state index in [9.17, 15) is 18.0 Å². The molecule has 0 saturated heterocycles. The summed E-state index contributed by atoms with van der Waals surface area (Å²) in [5.74, 6) is -1.72. The number of methoxy groups -OCH3 is 1. The molecule has 0 aliphatic heterocycles. The van der Waals surface area contributed by atoms with Crippen molar-refractivity contribution in [2.24, 2.45) is 0 Å². The molecule has 0 aliphatic carbocycles. The molecule has 124 valence electrons. The summed E-state index contributed by atoms with van der Waals surface area (Å²) in [6.45, 7) is 0.431. The molecule has 0 bridgehead atoms. The van der Waals surface area contributed by atoms with Gasteiger partial charge in [0.25, 0.3) is 0 Å². The van der Waals surface area contributed by atoms with Crippen molar-refractivity contribution in [3.05, 3.63) is 35.7 Å². The number of hydrogen-bond acceptors (Lipinski definition) is 5. The lowest BCUT2D eigenvalue weighted by atomic mass is 10.1. The minimum atomic E-state index is -4.66. The molecule has 0 unspecified atom stereocenters. The molecule has 1 amide bonds. The summed E-state index contributed by atoms with van der Waals surface area (Å²) in [7, 11) is 1.43. The number of carbonyl (C=O) groups is 1. The molecule has 0 aliphatic rings. The van der Waals surface area contributed by atoms with Crippen LogP contribution < -0.4 is 5.32 Å². The number of ether oxygens (including phenoxy) is 1. The minimum Gasteiger partial charge on any atom is -0.375 e. The van der Waals surface area contributed by atoms with Gasteiger partial charge in [-0.2, -0.15) is 18.2 Å². The fraction of sp³-hybridized carbons (Fsp3) is 0.357. The standard InChI is InChI=1S/C14H14F3N3O3/c1-22-8-11(21)18-7-6-9-2-4-10(5-3-9)12-19-13(23-20-12)14(15,16)17/h2-5H,6-8H2,1H3,(H,18,21). The highest BCUT2D eigenvalue weighted by Crippen LogP contribution is 2.29. The van der Waals surface area contributed by atoms with E-state index < -0.39 is 12.1 Å². The Labute approximate surface area is 129 Å². The maximum Gasteiger partial charge on any atom is 0.471 e. The number of amides is 1. The van der Waals surface area contributed by atoms with E-state index in [4.69, 9.17) is 0 Å². The summed E-state index contributed by atoms with van der Waals surface area (Å²) < 4.78 is 46.1. The van der Waals surface area contributed by atoms with Crippen molar-refractivity contribution in [2.75, 3.05) is 20.3 Å². The molecule has 1 heterocycles. The summed E-state index contributed by atoms with van der Waals surface area (Å²) in [6, 6.07) is 6.64. The first-order chi connectivity index (χ1) is 10.9. The lowest BCUT2D eigenvalue weighted by Gasteiger charge is -2.05. The van der Waals surface area contributed by atoms with E-state index in [0.29, 0.717) is 18.5 Å². The van der Waals surface area contributed by atoms with Crippen LogP contribution in [0.15, 0.2) is 28.8 Å². The first kappa shape index (κ1) is 16.9. The van der Waals surface area contributed by atoms with Crippen molar-refractivity contribution in [3.8, 4) is 11.4 Å². The van der Waals surface area contributed by atoms with Crippen LogP contribution in [-0.4, -0.2) is 36.3 Å². The average Bonchev–Trinajstić information content (AvgIpc) is 2.98. The Morgan fingerprint density at radius 2 is 2.00 bits per heavy atom. The molecule has 0 atom stereocenters.